The van der Waals surface area contributed by atoms with Crippen LogP contribution < -0.4 is 9.47 Å². The van der Waals surface area contributed by atoms with Gasteiger partial charge >= 0.3 is 0 Å². The van der Waals surface area contributed by atoms with Gasteiger partial charge in [-0.2, -0.15) is 0 Å². The van der Waals surface area contributed by atoms with Crippen molar-refractivity contribution in [1.29, 1.82) is 0 Å². The molecular formula is C37H53NO6. The van der Waals surface area contributed by atoms with Crippen molar-refractivity contribution in [3.63, 3.8) is 0 Å². The third-order valence-electron chi connectivity index (χ3n) is 8.90. The number of benzene rings is 2. The van der Waals surface area contributed by atoms with Gasteiger partial charge in [-0.05, 0) is 79.5 Å². The minimum atomic E-state index is 0.0324. The van der Waals surface area contributed by atoms with Crippen molar-refractivity contribution in [3.05, 3.63) is 53.2 Å². The van der Waals surface area contributed by atoms with E-state index in [4.69, 9.17) is 9.47 Å². The van der Waals surface area contributed by atoms with Gasteiger partial charge in [-0.15, -0.1) is 0 Å². The molecule has 2 aromatic carbocycles. The minimum Gasteiger partial charge on any atom is -0.504 e. The molecule has 0 spiro atoms. The number of nitrogens with zero attached hydrogens (tertiary/aromatic N) is 1. The predicted molar refractivity (Wildman–Crippen MR) is 176 cm³/mol. The molecule has 0 radical (unpaired) electrons. The van der Waals surface area contributed by atoms with Crippen molar-refractivity contribution in [3.8, 4) is 23.0 Å². The summed E-state index contributed by atoms with van der Waals surface area (Å²) in [4.78, 5) is 25.2. The lowest BCUT2D eigenvalue weighted by Crippen LogP contribution is -2.45. The molecule has 2 bridgehead atoms. The summed E-state index contributed by atoms with van der Waals surface area (Å²) in [5, 5.41) is 20.0. The molecule has 2 N–H and O–H groups in total. The maximum atomic E-state index is 12.4. The average Bonchev–Trinajstić information content (AvgIpc) is 3.04. The van der Waals surface area contributed by atoms with Crippen LogP contribution in [0, 0.1) is 17.8 Å². The van der Waals surface area contributed by atoms with E-state index in [1.807, 2.05) is 18.2 Å². The molecule has 3 aliphatic heterocycles. The summed E-state index contributed by atoms with van der Waals surface area (Å²) in [6.07, 6.45) is 13.9. The largest absolute Gasteiger partial charge is 0.504 e. The van der Waals surface area contributed by atoms with Crippen molar-refractivity contribution in [2.24, 2.45) is 17.8 Å². The van der Waals surface area contributed by atoms with E-state index in [-0.39, 0.29) is 23.2 Å². The Kier molecular flexibility index (Phi) is 14.6. The number of hydrogen-bond acceptors (Lipinski definition) is 7. The summed E-state index contributed by atoms with van der Waals surface area (Å²) in [6, 6.07) is 10.2. The first kappa shape index (κ1) is 35.0. The highest BCUT2D eigenvalue weighted by atomic mass is 16.5. The number of phenolic OH excluding ortho intramolecular Hbond substituents is 2. The van der Waals surface area contributed by atoms with Crippen LogP contribution in [0.2, 0.25) is 0 Å². The fourth-order valence-electron chi connectivity index (χ4n) is 5.76. The number of carbonyl (C=O) groups excluding carboxylic acids is 2. The highest BCUT2D eigenvalue weighted by Gasteiger charge is 2.36. The Balaban J connectivity index is 0.000000259. The van der Waals surface area contributed by atoms with Gasteiger partial charge in [-0.25, -0.2) is 0 Å². The monoisotopic (exact) mass is 607 g/mol. The van der Waals surface area contributed by atoms with Crippen molar-refractivity contribution in [1.82, 2.24) is 4.90 Å². The number of phenols is 2. The highest BCUT2D eigenvalue weighted by molar-refractivity contribution is 6.02. The van der Waals surface area contributed by atoms with Crippen LogP contribution in [-0.2, 0) is 4.79 Å². The van der Waals surface area contributed by atoms with Crippen molar-refractivity contribution in [2.45, 2.75) is 91.9 Å². The Labute approximate surface area is 264 Å². The molecule has 7 nitrogen and oxygen atoms in total. The maximum absolute atomic E-state index is 12.4. The Hall–Kier alpha value is -3.48. The average molecular weight is 608 g/mol. The van der Waals surface area contributed by atoms with E-state index in [0.29, 0.717) is 48.4 Å². The van der Waals surface area contributed by atoms with Gasteiger partial charge in [0.15, 0.2) is 28.8 Å². The summed E-state index contributed by atoms with van der Waals surface area (Å²) >= 11 is 0. The fourth-order valence-corrected chi connectivity index (χ4v) is 5.76. The van der Waals surface area contributed by atoms with Gasteiger partial charge in [0.1, 0.15) is 6.29 Å². The number of ether oxygens (including phenoxy) is 2. The number of aldehydes is 1. The third kappa shape index (κ3) is 10.3. The van der Waals surface area contributed by atoms with Crippen LogP contribution in [0.5, 0.6) is 23.0 Å². The van der Waals surface area contributed by atoms with E-state index in [1.54, 1.807) is 18.2 Å². The topological polar surface area (TPSA) is 96.3 Å². The zero-order valence-corrected chi connectivity index (χ0v) is 27.2. The number of allylic oxidation sites excluding steroid dienone is 1. The first-order valence-electron chi connectivity index (χ1n) is 16.7. The lowest BCUT2D eigenvalue weighted by molar-refractivity contribution is -0.125. The number of unbranched alkanes of at least 4 members (excludes halogenated alkanes) is 2. The van der Waals surface area contributed by atoms with Crippen LogP contribution in [-0.4, -0.2) is 53.5 Å². The smallest absolute Gasteiger partial charge is 0.182 e. The zero-order valence-electron chi connectivity index (χ0n) is 27.2. The van der Waals surface area contributed by atoms with Gasteiger partial charge in [0.05, 0.1) is 18.9 Å². The molecule has 2 aromatic rings. The number of ketones is 1. The van der Waals surface area contributed by atoms with Crippen molar-refractivity contribution in [2.75, 3.05) is 26.3 Å². The molecule has 44 heavy (non-hydrogen) atoms. The summed E-state index contributed by atoms with van der Waals surface area (Å²) in [6.45, 7) is 11.9. The number of hydrogen-bond donors (Lipinski definition) is 2. The van der Waals surface area contributed by atoms with Crippen LogP contribution in [0.1, 0.15) is 108 Å². The lowest BCUT2D eigenvalue weighted by Gasteiger charge is -2.41. The van der Waals surface area contributed by atoms with Gasteiger partial charge < -0.3 is 24.6 Å². The van der Waals surface area contributed by atoms with E-state index in [0.717, 1.165) is 62.9 Å². The maximum Gasteiger partial charge on any atom is 0.182 e. The molecule has 5 rings (SSSR count). The van der Waals surface area contributed by atoms with E-state index in [2.05, 4.69) is 32.6 Å². The van der Waals surface area contributed by atoms with Crippen molar-refractivity contribution < 1.29 is 29.3 Å². The molecule has 7 heteroatoms. The number of piperidine rings is 3. The van der Waals surface area contributed by atoms with Gasteiger partial charge in [-0.1, -0.05) is 72.3 Å². The zero-order chi connectivity index (χ0) is 31.9. The Bertz CT molecular complexity index is 1220. The molecule has 0 saturated carbocycles. The van der Waals surface area contributed by atoms with Gasteiger partial charge in [0, 0.05) is 24.6 Å². The highest BCUT2D eigenvalue weighted by Crippen LogP contribution is 2.34. The first-order valence-corrected chi connectivity index (χ1v) is 16.7. The third-order valence-corrected chi connectivity index (χ3v) is 8.90. The number of fused-ring (bicyclic) bond motifs is 3. The predicted octanol–water partition coefficient (Wildman–Crippen LogP) is 8.42. The molecule has 3 heterocycles. The quantitative estimate of drug-likeness (QED) is 0.146. The molecule has 0 amide bonds. The molecule has 2 unspecified atom stereocenters. The van der Waals surface area contributed by atoms with E-state index in [1.165, 1.54) is 31.7 Å². The van der Waals surface area contributed by atoms with Crippen molar-refractivity contribution >= 4 is 18.1 Å². The summed E-state index contributed by atoms with van der Waals surface area (Å²) in [7, 11) is 0. The molecule has 2 atom stereocenters. The molecule has 0 aliphatic carbocycles. The van der Waals surface area contributed by atoms with Crippen LogP contribution in [0.3, 0.4) is 0 Å². The fraction of sp³-hybridized carbons (Fsp3) is 0.568. The Morgan fingerprint density at radius 2 is 1.32 bits per heavy atom. The lowest BCUT2D eigenvalue weighted by atomic mass is 9.84. The number of carbonyl (C=O) groups is 2. The van der Waals surface area contributed by atoms with E-state index in [9.17, 15) is 19.8 Å². The normalized spacial score (nSPS) is 16.8. The Morgan fingerprint density at radius 3 is 1.75 bits per heavy atom. The van der Waals surface area contributed by atoms with Crippen LogP contribution in [0.4, 0.5) is 0 Å². The Morgan fingerprint density at radius 1 is 0.818 bits per heavy atom. The number of rotatable bonds is 16. The minimum absolute atomic E-state index is 0.0324. The summed E-state index contributed by atoms with van der Waals surface area (Å²) < 4.78 is 11.5. The van der Waals surface area contributed by atoms with Crippen LogP contribution in [0.15, 0.2) is 42.1 Å². The summed E-state index contributed by atoms with van der Waals surface area (Å²) in [5.74, 6) is 2.66. The van der Waals surface area contributed by atoms with Crippen LogP contribution in [0.25, 0.3) is 6.08 Å². The van der Waals surface area contributed by atoms with Crippen LogP contribution >= 0.6 is 0 Å². The molecule has 242 valence electrons. The van der Waals surface area contributed by atoms with E-state index >= 15 is 0 Å². The van der Waals surface area contributed by atoms with Gasteiger partial charge in [-0.3, -0.25) is 9.59 Å². The number of aromatic hydroxyl groups is 2. The molecule has 0 aromatic heterocycles. The number of Topliss-reactive ketones (excluding diaryl/α,β-unsaturated/α-hetero) is 1. The molecular weight excluding hydrogens is 554 g/mol. The molecule has 3 aliphatic rings. The molecule has 3 saturated heterocycles. The van der Waals surface area contributed by atoms with Gasteiger partial charge in [0.2, 0.25) is 0 Å². The molecule has 3 fully saturated rings. The second-order valence-corrected chi connectivity index (χ2v) is 12.2. The standard InChI is InChI=1S/C22H31NO3.C15H22O3/c1-3-5-6-16(4-2)15-26-21-8-7-17(14-20(21)24)13-19-22(25)18-9-11-23(19)12-10-18;1-3-5-6-12(4-2)11-18-15-8-7-13(10-16)9-14(15)17/h7-8,13-14,16,18,24H,3-6,9-12,15H2,1-2H3;7-10,12,17H,3-6,11H2,1-2H3/b19-13-;. The second-order valence-electron chi connectivity index (χ2n) is 12.2. The van der Waals surface area contributed by atoms with Gasteiger partial charge in [0.25, 0.3) is 0 Å². The SMILES string of the molecule is CCCCC(CC)COc1ccc(/C=C2/C(=O)C3CCN2CC3)cc1O.CCCCC(CC)COc1ccc(C=O)cc1O. The summed E-state index contributed by atoms with van der Waals surface area (Å²) in [5.41, 5.74) is 2.10. The second kappa shape index (κ2) is 18.4. The van der Waals surface area contributed by atoms with E-state index < -0.39 is 0 Å². The first-order chi connectivity index (χ1) is 21.3.